The van der Waals surface area contributed by atoms with Gasteiger partial charge in [-0.3, -0.25) is 4.79 Å². The third-order valence-corrected chi connectivity index (χ3v) is 4.63. The predicted octanol–water partition coefficient (Wildman–Crippen LogP) is 1.03. The fraction of sp³-hybridized carbons (Fsp3) is 0.588. The number of carbonyl (C=O) groups excluding carboxylic acids is 1. The Morgan fingerprint density at radius 3 is 2.57 bits per heavy atom. The van der Waals surface area contributed by atoms with Crippen LogP contribution in [0.15, 0.2) is 30.3 Å². The summed E-state index contributed by atoms with van der Waals surface area (Å²) in [7, 11) is 0. The summed E-state index contributed by atoms with van der Waals surface area (Å²) in [6.45, 7) is 4.44. The average molecular weight is 287 g/mol. The molecule has 0 saturated carbocycles. The quantitative estimate of drug-likeness (QED) is 0.873. The van der Waals surface area contributed by atoms with Crippen molar-refractivity contribution in [3.63, 3.8) is 0 Å². The van der Waals surface area contributed by atoms with Crippen LogP contribution in [0.1, 0.15) is 18.4 Å². The van der Waals surface area contributed by atoms with Crippen LogP contribution in [0.25, 0.3) is 0 Å². The molecule has 1 atom stereocenters. The maximum atomic E-state index is 12.4. The van der Waals surface area contributed by atoms with Crippen LogP contribution < -0.4 is 10.6 Å². The lowest BCUT2D eigenvalue weighted by atomic mass is 9.90. The van der Waals surface area contributed by atoms with Gasteiger partial charge in [0.25, 0.3) is 0 Å². The maximum Gasteiger partial charge on any atom is 0.241 e. The predicted molar refractivity (Wildman–Crippen MR) is 84.1 cm³/mol. The van der Waals surface area contributed by atoms with Gasteiger partial charge in [0.15, 0.2) is 0 Å². The fourth-order valence-electron chi connectivity index (χ4n) is 3.35. The lowest BCUT2D eigenvalue weighted by Gasteiger charge is -2.35. The highest BCUT2D eigenvalue weighted by Crippen LogP contribution is 2.22. The number of benzene rings is 1. The molecule has 4 heteroatoms. The minimum absolute atomic E-state index is 0.0237. The Bertz CT molecular complexity index is 448. The second kappa shape index (κ2) is 7.05. The molecule has 4 nitrogen and oxygen atoms in total. The van der Waals surface area contributed by atoms with E-state index in [2.05, 4.69) is 41.0 Å². The fourth-order valence-corrected chi connectivity index (χ4v) is 3.35. The molecular weight excluding hydrogens is 262 g/mol. The lowest BCUT2D eigenvalue weighted by molar-refractivity contribution is -0.135. The number of piperazine rings is 1. The van der Waals surface area contributed by atoms with E-state index in [-0.39, 0.29) is 11.9 Å². The molecule has 0 bridgehead atoms. The summed E-state index contributed by atoms with van der Waals surface area (Å²) in [6, 6.07) is 10.7. The van der Waals surface area contributed by atoms with Crippen molar-refractivity contribution < 1.29 is 4.79 Å². The Morgan fingerprint density at radius 2 is 1.90 bits per heavy atom. The Morgan fingerprint density at radius 1 is 1.14 bits per heavy atom. The van der Waals surface area contributed by atoms with E-state index >= 15 is 0 Å². The van der Waals surface area contributed by atoms with Crippen molar-refractivity contribution in [2.24, 2.45) is 5.92 Å². The van der Waals surface area contributed by atoms with E-state index in [4.69, 9.17) is 0 Å². The van der Waals surface area contributed by atoms with Crippen LogP contribution in [-0.2, 0) is 11.2 Å². The molecule has 2 saturated heterocycles. The number of piperidine rings is 1. The van der Waals surface area contributed by atoms with Gasteiger partial charge >= 0.3 is 0 Å². The number of hydrogen-bond donors (Lipinski definition) is 2. The van der Waals surface area contributed by atoms with Crippen molar-refractivity contribution in [2.45, 2.75) is 25.3 Å². The molecule has 2 aliphatic rings. The van der Waals surface area contributed by atoms with Crippen molar-refractivity contribution in [2.75, 3.05) is 32.7 Å². The van der Waals surface area contributed by atoms with E-state index < -0.39 is 0 Å². The van der Waals surface area contributed by atoms with E-state index in [1.807, 2.05) is 4.90 Å². The zero-order valence-corrected chi connectivity index (χ0v) is 12.6. The molecule has 1 aromatic rings. The second-order valence-electron chi connectivity index (χ2n) is 6.17. The van der Waals surface area contributed by atoms with Gasteiger partial charge in [0.05, 0.1) is 6.04 Å². The molecule has 2 heterocycles. The van der Waals surface area contributed by atoms with E-state index in [1.165, 1.54) is 5.56 Å². The molecule has 1 unspecified atom stereocenters. The third-order valence-electron chi connectivity index (χ3n) is 4.63. The molecule has 0 spiro atoms. The summed E-state index contributed by atoms with van der Waals surface area (Å²) < 4.78 is 0. The molecule has 0 aliphatic carbocycles. The first-order chi connectivity index (χ1) is 10.3. The Labute approximate surface area is 126 Å². The van der Waals surface area contributed by atoms with Gasteiger partial charge in [-0.25, -0.2) is 0 Å². The van der Waals surface area contributed by atoms with Crippen LogP contribution in [0, 0.1) is 5.92 Å². The van der Waals surface area contributed by atoms with E-state index in [0.29, 0.717) is 5.92 Å². The highest BCUT2D eigenvalue weighted by atomic mass is 16.2. The van der Waals surface area contributed by atoms with Crippen LogP contribution >= 0.6 is 0 Å². The molecule has 2 N–H and O–H groups in total. The van der Waals surface area contributed by atoms with Crippen LogP contribution in [0.2, 0.25) is 0 Å². The highest BCUT2D eigenvalue weighted by Gasteiger charge is 2.28. The first-order valence-corrected chi connectivity index (χ1v) is 8.10. The molecule has 1 aromatic carbocycles. The van der Waals surface area contributed by atoms with Gasteiger partial charge in [-0.15, -0.1) is 0 Å². The number of likely N-dealkylation sites (tertiary alicyclic amines) is 1. The van der Waals surface area contributed by atoms with E-state index in [9.17, 15) is 4.79 Å². The largest absolute Gasteiger partial charge is 0.341 e. The van der Waals surface area contributed by atoms with Crippen molar-refractivity contribution >= 4 is 5.91 Å². The van der Waals surface area contributed by atoms with Crippen molar-refractivity contribution in [1.29, 1.82) is 0 Å². The number of amides is 1. The Kier molecular flexibility index (Phi) is 4.88. The maximum absolute atomic E-state index is 12.4. The van der Waals surface area contributed by atoms with Gasteiger partial charge in [0.2, 0.25) is 5.91 Å². The first kappa shape index (κ1) is 14.5. The minimum Gasteiger partial charge on any atom is -0.341 e. The summed E-state index contributed by atoms with van der Waals surface area (Å²) in [4.78, 5) is 14.5. The lowest BCUT2D eigenvalue weighted by Crippen LogP contribution is -2.57. The molecule has 3 rings (SSSR count). The standard InChI is InChI=1S/C17H25N3O/c21-17(16-13-18-8-9-19-16)20-10-6-15(7-11-20)12-14-4-2-1-3-5-14/h1-5,15-16,18-19H,6-13H2. The smallest absolute Gasteiger partial charge is 0.241 e. The van der Waals surface area contributed by atoms with Gasteiger partial charge < -0.3 is 15.5 Å². The van der Waals surface area contributed by atoms with Gasteiger partial charge in [0.1, 0.15) is 0 Å². The van der Waals surface area contributed by atoms with E-state index in [1.54, 1.807) is 0 Å². The van der Waals surface area contributed by atoms with Crippen molar-refractivity contribution in [3.8, 4) is 0 Å². The number of rotatable bonds is 3. The average Bonchev–Trinajstić information content (AvgIpc) is 2.57. The van der Waals surface area contributed by atoms with Crippen molar-refractivity contribution in [3.05, 3.63) is 35.9 Å². The summed E-state index contributed by atoms with van der Waals surface area (Å²) in [5.41, 5.74) is 1.42. The van der Waals surface area contributed by atoms with Crippen LogP contribution in [0.5, 0.6) is 0 Å². The zero-order valence-electron chi connectivity index (χ0n) is 12.6. The second-order valence-corrected chi connectivity index (χ2v) is 6.17. The topological polar surface area (TPSA) is 44.4 Å². The Hall–Kier alpha value is -1.39. The van der Waals surface area contributed by atoms with Crippen molar-refractivity contribution in [1.82, 2.24) is 15.5 Å². The summed E-state index contributed by atoms with van der Waals surface area (Å²) in [6.07, 6.45) is 3.40. The summed E-state index contributed by atoms with van der Waals surface area (Å²) >= 11 is 0. The minimum atomic E-state index is -0.0237. The molecular formula is C17H25N3O. The van der Waals surface area contributed by atoms with Crippen LogP contribution in [-0.4, -0.2) is 49.6 Å². The summed E-state index contributed by atoms with van der Waals surface area (Å²) in [5.74, 6) is 0.995. The monoisotopic (exact) mass is 287 g/mol. The van der Waals surface area contributed by atoms with Gasteiger partial charge in [0, 0.05) is 32.7 Å². The normalized spacial score (nSPS) is 24.0. The zero-order chi connectivity index (χ0) is 14.5. The molecule has 0 radical (unpaired) electrons. The van der Waals surface area contributed by atoms with E-state index in [0.717, 1.165) is 52.0 Å². The van der Waals surface area contributed by atoms with Gasteiger partial charge in [-0.05, 0) is 30.7 Å². The summed E-state index contributed by atoms with van der Waals surface area (Å²) in [5, 5.41) is 6.60. The molecule has 2 fully saturated rings. The molecule has 2 aliphatic heterocycles. The molecule has 1 amide bonds. The van der Waals surface area contributed by atoms with Crippen LogP contribution in [0.3, 0.4) is 0 Å². The number of hydrogen-bond acceptors (Lipinski definition) is 3. The number of carbonyl (C=O) groups is 1. The van der Waals surface area contributed by atoms with Gasteiger partial charge in [-0.2, -0.15) is 0 Å². The SMILES string of the molecule is O=C(C1CNCCN1)N1CCC(Cc2ccccc2)CC1. The number of nitrogens with zero attached hydrogens (tertiary/aromatic N) is 1. The Balaban J connectivity index is 1.47. The van der Waals surface area contributed by atoms with Crippen LogP contribution in [0.4, 0.5) is 0 Å². The van der Waals surface area contributed by atoms with Gasteiger partial charge in [-0.1, -0.05) is 30.3 Å². The molecule has 0 aromatic heterocycles. The third kappa shape index (κ3) is 3.83. The molecule has 114 valence electrons. The first-order valence-electron chi connectivity index (χ1n) is 8.10. The number of nitrogens with one attached hydrogen (secondary N) is 2. The molecule has 21 heavy (non-hydrogen) atoms. The highest BCUT2D eigenvalue weighted by molar-refractivity contribution is 5.82.